The van der Waals surface area contributed by atoms with Crippen LogP contribution < -0.4 is 5.32 Å². The van der Waals surface area contributed by atoms with Crippen LogP contribution in [0.2, 0.25) is 0 Å². The van der Waals surface area contributed by atoms with Crippen molar-refractivity contribution in [3.05, 3.63) is 29.5 Å². The molecule has 0 saturated carbocycles. The molecule has 1 aliphatic rings. The van der Waals surface area contributed by atoms with Gasteiger partial charge in [-0.1, -0.05) is 12.1 Å². The van der Waals surface area contributed by atoms with Crippen LogP contribution in [0, 0.1) is 12.8 Å². The summed E-state index contributed by atoms with van der Waals surface area (Å²) < 4.78 is 33.0. The first-order chi connectivity index (χ1) is 10.7. The van der Waals surface area contributed by atoms with Gasteiger partial charge in [0.25, 0.3) is 5.92 Å². The Kier molecular flexibility index (Phi) is 3.69. The topological polar surface area (TPSA) is 73.0 Å². The molecule has 0 aliphatic carbocycles. The molecule has 1 amide bonds. The van der Waals surface area contributed by atoms with Gasteiger partial charge in [-0.2, -0.15) is 8.78 Å². The molecular formula is C15H18F2N4O2. The lowest BCUT2D eigenvalue weighted by molar-refractivity contribution is -0.121. The largest absolute Gasteiger partial charge is 0.338 e. The molecule has 0 radical (unpaired) electrons. The van der Waals surface area contributed by atoms with Gasteiger partial charge in [-0.05, 0) is 13.3 Å². The Morgan fingerprint density at radius 3 is 2.91 bits per heavy atom. The second-order valence-electron chi connectivity index (χ2n) is 6.18. The van der Waals surface area contributed by atoms with E-state index in [9.17, 15) is 13.6 Å². The van der Waals surface area contributed by atoms with Crippen molar-refractivity contribution in [1.29, 1.82) is 0 Å². The molecular weight excluding hydrogens is 306 g/mol. The number of amides is 1. The number of carbonyl (C=O) groups excluding carboxylic acids is 1. The van der Waals surface area contributed by atoms with Gasteiger partial charge in [0.15, 0.2) is 5.69 Å². The third-order valence-corrected chi connectivity index (χ3v) is 4.00. The van der Waals surface area contributed by atoms with Gasteiger partial charge in [0.05, 0.1) is 11.6 Å². The summed E-state index contributed by atoms with van der Waals surface area (Å²) >= 11 is 0. The van der Waals surface area contributed by atoms with Crippen molar-refractivity contribution in [2.45, 2.75) is 45.6 Å². The highest BCUT2D eigenvalue weighted by molar-refractivity contribution is 5.91. The summed E-state index contributed by atoms with van der Waals surface area (Å²) in [5.74, 6) is -2.59. The molecule has 2 aromatic heterocycles. The molecule has 3 rings (SSSR count). The van der Waals surface area contributed by atoms with E-state index in [2.05, 4.69) is 15.5 Å². The Morgan fingerprint density at radius 2 is 2.26 bits per heavy atom. The molecule has 0 aromatic carbocycles. The molecule has 1 N–H and O–H groups in total. The van der Waals surface area contributed by atoms with Crippen molar-refractivity contribution in [2.75, 3.05) is 5.32 Å². The van der Waals surface area contributed by atoms with Crippen LogP contribution in [0.3, 0.4) is 0 Å². The van der Waals surface area contributed by atoms with Crippen LogP contribution in [0.15, 0.2) is 16.8 Å². The van der Waals surface area contributed by atoms with E-state index in [0.29, 0.717) is 13.0 Å². The number of aromatic nitrogens is 3. The summed E-state index contributed by atoms with van der Waals surface area (Å²) in [7, 11) is 0. The van der Waals surface area contributed by atoms with E-state index >= 15 is 0 Å². The highest BCUT2D eigenvalue weighted by Crippen LogP contribution is 2.31. The van der Waals surface area contributed by atoms with Crippen molar-refractivity contribution in [2.24, 2.45) is 5.92 Å². The summed E-state index contributed by atoms with van der Waals surface area (Å²) in [6.45, 7) is 5.16. The second kappa shape index (κ2) is 5.43. The fraction of sp³-hybridized carbons (Fsp3) is 0.533. The van der Waals surface area contributed by atoms with E-state index in [1.165, 1.54) is 0 Å². The summed E-state index contributed by atoms with van der Waals surface area (Å²) in [6.07, 6.45) is 2.56. The zero-order chi connectivity index (χ0) is 16.8. The maximum Gasteiger partial charge on any atom is 0.290 e. The first-order valence-corrected chi connectivity index (χ1v) is 7.43. The molecule has 6 nitrogen and oxygen atoms in total. The minimum absolute atomic E-state index is 0.0632. The smallest absolute Gasteiger partial charge is 0.290 e. The molecule has 8 heteroatoms. The lowest BCUT2D eigenvalue weighted by Gasteiger charge is -2.27. The van der Waals surface area contributed by atoms with Crippen molar-refractivity contribution >= 4 is 11.8 Å². The van der Waals surface area contributed by atoms with E-state index in [1.807, 2.05) is 24.6 Å². The predicted octanol–water partition coefficient (Wildman–Crippen LogP) is 3.05. The zero-order valence-corrected chi connectivity index (χ0v) is 13.1. The van der Waals surface area contributed by atoms with Crippen molar-refractivity contribution in [3.8, 4) is 0 Å². The summed E-state index contributed by atoms with van der Waals surface area (Å²) in [4.78, 5) is 16.8. The van der Waals surface area contributed by atoms with Gasteiger partial charge >= 0.3 is 0 Å². The molecule has 3 heterocycles. The third-order valence-electron chi connectivity index (χ3n) is 4.00. The normalized spacial score (nSPS) is 21.1. The van der Waals surface area contributed by atoms with Gasteiger partial charge in [0.1, 0.15) is 5.82 Å². The highest BCUT2D eigenvalue weighted by atomic mass is 19.3. The Labute approximate surface area is 131 Å². The summed E-state index contributed by atoms with van der Waals surface area (Å²) in [6, 6.07) is 1.05. The Morgan fingerprint density at radius 1 is 1.52 bits per heavy atom. The van der Waals surface area contributed by atoms with Gasteiger partial charge in [-0.15, -0.1) is 0 Å². The fourth-order valence-electron chi connectivity index (χ4n) is 2.90. The van der Waals surface area contributed by atoms with Gasteiger partial charge in [0, 0.05) is 31.6 Å². The number of rotatable bonds is 3. The van der Waals surface area contributed by atoms with Crippen molar-refractivity contribution < 1.29 is 18.1 Å². The fourth-order valence-corrected chi connectivity index (χ4v) is 2.90. The van der Waals surface area contributed by atoms with Crippen LogP contribution in [-0.2, 0) is 17.3 Å². The SMILES string of the molecule is Cc1cn2c(n1)[C@H](C)C[C@H](C(=O)Nc1cc(C(C)(F)F)no1)C2. The van der Waals surface area contributed by atoms with E-state index < -0.39 is 11.6 Å². The number of anilines is 1. The van der Waals surface area contributed by atoms with Crippen LogP contribution in [0.5, 0.6) is 0 Å². The van der Waals surface area contributed by atoms with Crippen LogP contribution >= 0.6 is 0 Å². The Hall–Kier alpha value is -2.25. The lowest BCUT2D eigenvalue weighted by atomic mass is 9.91. The number of hydrogen-bond donors (Lipinski definition) is 1. The molecule has 23 heavy (non-hydrogen) atoms. The number of hydrogen-bond acceptors (Lipinski definition) is 4. The second-order valence-corrected chi connectivity index (χ2v) is 6.18. The molecule has 0 fully saturated rings. The molecule has 0 spiro atoms. The number of nitrogens with one attached hydrogen (secondary N) is 1. The van der Waals surface area contributed by atoms with Crippen LogP contribution in [0.25, 0.3) is 0 Å². The predicted molar refractivity (Wildman–Crippen MR) is 78.2 cm³/mol. The number of imidazole rings is 1. The maximum absolute atomic E-state index is 13.1. The first kappa shape index (κ1) is 15.6. The third kappa shape index (κ3) is 3.11. The Bertz CT molecular complexity index is 732. The van der Waals surface area contributed by atoms with E-state index in [1.54, 1.807) is 0 Å². The monoisotopic (exact) mass is 324 g/mol. The average molecular weight is 324 g/mol. The number of halogens is 2. The van der Waals surface area contributed by atoms with Crippen LogP contribution in [-0.4, -0.2) is 20.6 Å². The van der Waals surface area contributed by atoms with Gasteiger partial charge in [-0.3, -0.25) is 10.1 Å². The van der Waals surface area contributed by atoms with Crippen LogP contribution in [0.1, 0.15) is 43.4 Å². The summed E-state index contributed by atoms with van der Waals surface area (Å²) in [5, 5.41) is 5.81. The minimum atomic E-state index is -3.10. The number of carbonyl (C=O) groups is 1. The molecule has 1 aliphatic heterocycles. The quantitative estimate of drug-likeness (QED) is 0.942. The van der Waals surface area contributed by atoms with Gasteiger partial charge < -0.3 is 9.09 Å². The summed E-state index contributed by atoms with van der Waals surface area (Å²) in [5.41, 5.74) is 0.412. The van der Waals surface area contributed by atoms with E-state index in [4.69, 9.17) is 4.52 Å². The molecule has 2 aromatic rings. The molecule has 0 bridgehead atoms. The minimum Gasteiger partial charge on any atom is -0.338 e. The van der Waals surface area contributed by atoms with Gasteiger partial charge in [-0.25, -0.2) is 4.98 Å². The van der Waals surface area contributed by atoms with Crippen molar-refractivity contribution in [3.63, 3.8) is 0 Å². The zero-order valence-electron chi connectivity index (χ0n) is 13.1. The average Bonchev–Trinajstić information content (AvgIpc) is 3.04. The van der Waals surface area contributed by atoms with Crippen molar-refractivity contribution in [1.82, 2.24) is 14.7 Å². The number of aryl methyl sites for hydroxylation is 1. The number of nitrogens with zero attached hydrogens (tertiary/aromatic N) is 3. The lowest BCUT2D eigenvalue weighted by Crippen LogP contribution is -2.32. The van der Waals surface area contributed by atoms with Gasteiger partial charge in [0.2, 0.25) is 11.8 Å². The molecule has 0 saturated heterocycles. The number of fused-ring (bicyclic) bond motifs is 1. The molecule has 0 unspecified atom stereocenters. The molecule has 2 atom stereocenters. The maximum atomic E-state index is 13.1. The number of alkyl halides is 2. The highest BCUT2D eigenvalue weighted by Gasteiger charge is 2.32. The first-order valence-electron chi connectivity index (χ1n) is 7.43. The molecule has 124 valence electrons. The van der Waals surface area contributed by atoms with Crippen LogP contribution in [0.4, 0.5) is 14.7 Å². The van der Waals surface area contributed by atoms with E-state index in [-0.39, 0.29) is 23.6 Å². The Balaban J connectivity index is 1.71. The van der Waals surface area contributed by atoms with E-state index in [0.717, 1.165) is 24.5 Å². The standard InChI is InChI=1S/C15H18F2N4O2/c1-8-4-10(7-21-6-9(2)18-13(8)21)14(22)19-12-5-11(20-23-12)15(3,16)17/h5-6,8,10H,4,7H2,1-3H3,(H,19,22)/t8-,10+/m1/s1.